The molecule has 1 amide bonds. The molecule has 0 unspecified atom stereocenters. The van der Waals surface area contributed by atoms with Crippen LogP contribution in [0.1, 0.15) is 30.8 Å². The Kier molecular flexibility index (Phi) is 8.07. The summed E-state index contributed by atoms with van der Waals surface area (Å²) in [5.41, 5.74) is 1.33. The number of hydrogen-bond acceptors (Lipinski definition) is 7. The van der Waals surface area contributed by atoms with Crippen LogP contribution in [0.3, 0.4) is 0 Å². The number of carbonyl (C=O) groups is 1. The fourth-order valence-corrected chi connectivity index (χ4v) is 4.43. The lowest BCUT2D eigenvalue weighted by atomic mass is 10.0. The number of nitrogens with zero attached hydrogens (tertiary/aromatic N) is 2. The number of methoxy groups -OCH3 is 2. The minimum Gasteiger partial charge on any atom is -0.493 e. The molecule has 2 heterocycles. The van der Waals surface area contributed by atoms with Gasteiger partial charge in [-0.1, -0.05) is 13.8 Å². The molecular weight excluding hydrogens is 402 g/mol. The van der Waals surface area contributed by atoms with Crippen LogP contribution in [0, 0.1) is 5.92 Å². The predicted molar refractivity (Wildman–Crippen MR) is 119 cm³/mol. The SMILES string of the molecule is COc1ccc(-c2nc(C(=O)NC[C@H](CC(C)C)N3CCOCC3)cs2)cc1OC. The van der Waals surface area contributed by atoms with Gasteiger partial charge >= 0.3 is 0 Å². The summed E-state index contributed by atoms with van der Waals surface area (Å²) in [6.45, 7) is 8.36. The minimum absolute atomic E-state index is 0.139. The van der Waals surface area contributed by atoms with E-state index in [1.54, 1.807) is 19.6 Å². The summed E-state index contributed by atoms with van der Waals surface area (Å²) in [6.07, 6.45) is 1.04. The Bertz CT molecular complexity index is 834. The van der Waals surface area contributed by atoms with Gasteiger partial charge in [0.25, 0.3) is 5.91 Å². The van der Waals surface area contributed by atoms with Crippen molar-refractivity contribution in [3.05, 3.63) is 29.3 Å². The van der Waals surface area contributed by atoms with E-state index in [4.69, 9.17) is 14.2 Å². The van der Waals surface area contributed by atoms with E-state index in [2.05, 4.69) is 29.0 Å². The Morgan fingerprint density at radius 1 is 1.23 bits per heavy atom. The zero-order valence-electron chi connectivity index (χ0n) is 18.1. The molecule has 0 spiro atoms. The Labute approximate surface area is 182 Å². The number of amides is 1. The summed E-state index contributed by atoms with van der Waals surface area (Å²) in [7, 11) is 3.21. The van der Waals surface area contributed by atoms with Gasteiger partial charge in [-0.3, -0.25) is 9.69 Å². The van der Waals surface area contributed by atoms with Crippen LogP contribution in [0.5, 0.6) is 11.5 Å². The lowest BCUT2D eigenvalue weighted by Gasteiger charge is -2.35. The highest BCUT2D eigenvalue weighted by atomic mass is 32.1. The van der Waals surface area contributed by atoms with Crippen molar-refractivity contribution in [2.75, 3.05) is 47.1 Å². The van der Waals surface area contributed by atoms with Crippen LogP contribution in [0.15, 0.2) is 23.6 Å². The van der Waals surface area contributed by atoms with Crippen molar-refractivity contribution in [1.82, 2.24) is 15.2 Å². The third-order valence-corrected chi connectivity index (χ3v) is 6.06. The summed E-state index contributed by atoms with van der Waals surface area (Å²) in [5, 5.41) is 5.66. The molecular formula is C22H31N3O4S. The number of thiazole rings is 1. The average Bonchev–Trinajstić information content (AvgIpc) is 3.26. The summed E-state index contributed by atoms with van der Waals surface area (Å²) in [4.78, 5) is 19.7. The summed E-state index contributed by atoms with van der Waals surface area (Å²) in [6, 6.07) is 5.94. The van der Waals surface area contributed by atoms with E-state index in [-0.39, 0.29) is 5.91 Å². The molecule has 1 aromatic carbocycles. The van der Waals surface area contributed by atoms with Gasteiger partial charge in [-0.15, -0.1) is 11.3 Å². The summed E-state index contributed by atoms with van der Waals surface area (Å²) in [5.74, 6) is 1.72. The topological polar surface area (TPSA) is 72.9 Å². The molecule has 1 aliphatic heterocycles. The largest absolute Gasteiger partial charge is 0.493 e. The Hall–Kier alpha value is -2.16. The quantitative estimate of drug-likeness (QED) is 0.654. The van der Waals surface area contributed by atoms with Crippen molar-refractivity contribution in [3.63, 3.8) is 0 Å². The molecule has 7 nitrogen and oxygen atoms in total. The molecule has 8 heteroatoms. The number of benzene rings is 1. The Morgan fingerprint density at radius 3 is 2.63 bits per heavy atom. The van der Waals surface area contributed by atoms with Crippen LogP contribution < -0.4 is 14.8 Å². The predicted octanol–water partition coefficient (Wildman–Crippen LogP) is 3.30. The lowest BCUT2D eigenvalue weighted by Crippen LogP contribution is -2.49. The Balaban J connectivity index is 1.65. The monoisotopic (exact) mass is 433 g/mol. The highest BCUT2D eigenvalue weighted by Crippen LogP contribution is 2.33. The zero-order chi connectivity index (χ0) is 21.5. The first kappa shape index (κ1) is 22.5. The molecule has 0 bridgehead atoms. The van der Waals surface area contributed by atoms with Crippen LogP contribution in [-0.4, -0.2) is 68.9 Å². The second-order valence-electron chi connectivity index (χ2n) is 7.75. The molecule has 2 aromatic rings. The molecule has 30 heavy (non-hydrogen) atoms. The van der Waals surface area contributed by atoms with Gasteiger partial charge in [0.15, 0.2) is 11.5 Å². The first-order valence-electron chi connectivity index (χ1n) is 10.3. The van der Waals surface area contributed by atoms with E-state index in [1.807, 2.05) is 18.2 Å². The molecule has 0 saturated carbocycles. The number of morpholine rings is 1. The lowest BCUT2D eigenvalue weighted by molar-refractivity contribution is 0.0124. The molecule has 0 radical (unpaired) electrons. The van der Waals surface area contributed by atoms with Crippen molar-refractivity contribution in [3.8, 4) is 22.1 Å². The molecule has 1 aliphatic rings. The van der Waals surface area contributed by atoms with Gasteiger partial charge in [-0.2, -0.15) is 0 Å². The Morgan fingerprint density at radius 2 is 1.97 bits per heavy atom. The minimum atomic E-state index is -0.139. The standard InChI is InChI=1S/C22H31N3O4S/c1-15(2)11-17(25-7-9-29-10-8-25)13-23-21(26)18-14-30-22(24-18)16-5-6-19(27-3)20(12-16)28-4/h5-6,12,14-15,17H,7-11,13H2,1-4H3,(H,23,26)/t17-/m0/s1. The van der Waals surface area contributed by atoms with Gasteiger partial charge in [-0.25, -0.2) is 4.98 Å². The smallest absolute Gasteiger partial charge is 0.270 e. The number of hydrogen-bond donors (Lipinski definition) is 1. The fraction of sp³-hybridized carbons (Fsp3) is 0.545. The molecule has 164 valence electrons. The molecule has 0 aliphatic carbocycles. The molecule has 1 fully saturated rings. The molecule has 1 aromatic heterocycles. The van der Waals surface area contributed by atoms with Gasteiger partial charge in [0.1, 0.15) is 10.7 Å². The van der Waals surface area contributed by atoms with E-state index < -0.39 is 0 Å². The van der Waals surface area contributed by atoms with E-state index in [1.165, 1.54) is 11.3 Å². The number of rotatable bonds is 9. The molecule has 1 atom stereocenters. The van der Waals surface area contributed by atoms with E-state index in [0.717, 1.165) is 43.3 Å². The van der Waals surface area contributed by atoms with E-state index in [9.17, 15) is 4.79 Å². The van der Waals surface area contributed by atoms with Gasteiger partial charge in [0.05, 0.1) is 27.4 Å². The van der Waals surface area contributed by atoms with Gasteiger partial charge < -0.3 is 19.5 Å². The second-order valence-corrected chi connectivity index (χ2v) is 8.61. The maximum absolute atomic E-state index is 12.7. The highest BCUT2D eigenvalue weighted by molar-refractivity contribution is 7.13. The molecule has 1 N–H and O–H groups in total. The number of aromatic nitrogens is 1. The third-order valence-electron chi connectivity index (χ3n) is 5.17. The van der Waals surface area contributed by atoms with Crippen molar-refractivity contribution >= 4 is 17.2 Å². The summed E-state index contributed by atoms with van der Waals surface area (Å²) < 4.78 is 16.1. The first-order chi connectivity index (χ1) is 14.5. The van der Waals surface area contributed by atoms with Crippen LogP contribution >= 0.6 is 11.3 Å². The number of carbonyl (C=O) groups excluding carboxylic acids is 1. The molecule has 1 saturated heterocycles. The van der Waals surface area contributed by atoms with Crippen LogP contribution in [0.25, 0.3) is 10.6 Å². The van der Waals surface area contributed by atoms with Crippen molar-refractivity contribution in [2.45, 2.75) is 26.3 Å². The van der Waals surface area contributed by atoms with E-state index >= 15 is 0 Å². The van der Waals surface area contributed by atoms with Gasteiger partial charge in [0, 0.05) is 36.6 Å². The van der Waals surface area contributed by atoms with Crippen molar-refractivity contribution in [1.29, 1.82) is 0 Å². The van der Waals surface area contributed by atoms with Crippen LogP contribution in [0.4, 0.5) is 0 Å². The van der Waals surface area contributed by atoms with Crippen LogP contribution in [-0.2, 0) is 4.74 Å². The normalized spacial score (nSPS) is 15.8. The van der Waals surface area contributed by atoms with Crippen molar-refractivity contribution in [2.24, 2.45) is 5.92 Å². The van der Waals surface area contributed by atoms with Gasteiger partial charge in [-0.05, 0) is 30.5 Å². The van der Waals surface area contributed by atoms with Crippen molar-refractivity contribution < 1.29 is 19.0 Å². The average molecular weight is 434 g/mol. The van der Waals surface area contributed by atoms with E-state index in [0.29, 0.717) is 35.7 Å². The second kappa shape index (κ2) is 10.7. The maximum atomic E-state index is 12.7. The van der Waals surface area contributed by atoms with Gasteiger partial charge in [0.2, 0.25) is 0 Å². The number of nitrogens with one attached hydrogen (secondary N) is 1. The number of ether oxygens (including phenoxy) is 3. The first-order valence-corrected chi connectivity index (χ1v) is 11.2. The maximum Gasteiger partial charge on any atom is 0.270 e. The zero-order valence-corrected chi connectivity index (χ0v) is 19.0. The summed E-state index contributed by atoms with van der Waals surface area (Å²) >= 11 is 1.44. The van der Waals surface area contributed by atoms with Crippen LogP contribution in [0.2, 0.25) is 0 Å². The highest BCUT2D eigenvalue weighted by Gasteiger charge is 2.23. The fourth-order valence-electron chi connectivity index (χ4n) is 3.63. The molecule has 3 rings (SSSR count). The third kappa shape index (κ3) is 5.71.